The van der Waals surface area contributed by atoms with E-state index in [4.69, 9.17) is 0 Å². The number of carboxylic acids is 1. The van der Waals surface area contributed by atoms with Crippen molar-refractivity contribution in [2.75, 3.05) is 0 Å². The Labute approximate surface area is 121 Å². The minimum absolute atomic E-state index is 0.0554. The summed E-state index contributed by atoms with van der Waals surface area (Å²) in [5.74, 6) is -0.690. The highest BCUT2D eigenvalue weighted by molar-refractivity contribution is 7.13. The molecule has 0 amide bonds. The molecule has 0 aliphatic carbocycles. The maximum absolute atomic E-state index is 11.4. The zero-order chi connectivity index (χ0) is 14.8. The van der Waals surface area contributed by atoms with Crippen molar-refractivity contribution in [3.63, 3.8) is 0 Å². The SMILES string of the molecule is CC(C)(C)CC(Cn1nnnc1-c1cccs1)C(=O)O. The first-order valence-corrected chi connectivity index (χ1v) is 7.27. The Hall–Kier alpha value is -1.76. The standard InChI is InChI=1S/C13H18N4O2S/c1-13(2,3)7-9(12(18)19)8-17-11(14-15-16-17)10-5-4-6-20-10/h4-6,9H,7-8H2,1-3H3,(H,18,19). The highest BCUT2D eigenvalue weighted by Crippen LogP contribution is 2.27. The lowest BCUT2D eigenvalue weighted by Gasteiger charge is -2.23. The summed E-state index contributed by atoms with van der Waals surface area (Å²) >= 11 is 1.53. The second-order valence-electron chi connectivity index (χ2n) is 5.96. The third-order valence-corrected chi connectivity index (χ3v) is 3.74. The summed E-state index contributed by atoms with van der Waals surface area (Å²) < 4.78 is 1.58. The van der Waals surface area contributed by atoms with E-state index in [2.05, 4.69) is 15.5 Å². The summed E-state index contributed by atoms with van der Waals surface area (Å²) in [5, 5.41) is 22.9. The first-order valence-electron chi connectivity index (χ1n) is 6.40. The number of nitrogens with zero attached hydrogens (tertiary/aromatic N) is 4. The molecule has 20 heavy (non-hydrogen) atoms. The summed E-state index contributed by atoms with van der Waals surface area (Å²) in [6.45, 7) is 6.38. The largest absolute Gasteiger partial charge is 0.481 e. The summed E-state index contributed by atoms with van der Waals surface area (Å²) in [7, 11) is 0. The van der Waals surface area contributed by atoms with Gasteiger partial charge in [0.2, 0.25) is 0 Å². The fraction of sp³-hybridized carbons (Fsp3) is 0.538. The van der Waals surface area contributed by atoms with Crippen LogP contribution in [0.2, 0.25) is 0 Å². The van der Waals surface area contributed by atoms with Crippen LogP contribution < -0.4 is 0 Å². The van der Waals surface area contributed by atoms with E-state index < -0.39 is 11.9 Å². The molecule has 0 aliphatic heterocycles. The lowest BCUT2D eigenvalue weighted by Crippen LogP contribution is -2.26. The quantitative estimate of drug-likeness (QED) is 0.916. The van der Waals surface area contributed by atoms with Crippen LogP contribution in [-0.2, 0) is 11.3 Å². The maximum Gasteiger partial charge on any atom is 0.308 e. The third kappa shape index (κ3) is 3.63. The van der Waals surface area contributed by atoms with Gasteiger partial charge in [-0.25, -0.2) is 4.68 Å². The van der Waals surface area contributed by atoms with Gasteiger partial charge in [0.25, 0.3) is 0 Å². The maximum atomic E-state index is 11.4. The lowest BCUT2D eigenvalue weighted by molar-refractivity contribution is -0.143. The van der Waals surface area contributed by atoms with Gasteiger partial charge in [0.15, 0.2) is 5.82 Å². The normalized spacial score (nSPS) is 13.3. The predicted molar refractivity (Wildman–Crippen MR) is 76.3 cm³/mol. The van der Waals surface area contributed by atoms with E-state index in [9.17, 15) is 9.90 Å². The molecule has 2 heterocycles. The van der Waals surface area contributed by atoms with E-state index in [0.29, 0.717) is 12.2 Å². The van der Waals surface area contributed by atoms with Crippen molar-refractivity contribution < 1.29 is 9.90 Å². The molecule has 6 nitrogen and oxygen atoms in total. The molecule has 0 saturated heterocycles. The van der Waals surface area contributed by atoms with Crippen LogP contribution in [0.5, 0.6) is 0 Å². The highest BCUT2D eigenvalue weighted by atomic mass is 32.1. The molecule has 0 fully saturated rings. The van der Waals surface area contributed by atoms with Crippen LogP contribution in [0, 0.1) is 11.3 Å². The fourth-order valence-corrected chi connectivity index (χ4v) is 2.80. The van der Waals surface area contributed by atoms with Crippen molar-refractivity contribution >= 4 is 17.3 Å². The molecular weight excluding hydrogens is 276 g/mol. The van der Waals surface area contributed by atoms with Crippen molar-refractivity contribution in [3.05, 3.63) is 17.5 Å². The molecule has 1 atom stereocenters. The van der Waals surface area contributed by atoms with E-state index >= 15 is 0 Å². The molecule has 0 saturated carbocycles. The molecule has 1 N–H and O–H groups in total. The first kappa shape index (κ1) is 14.6. The molecule has 2 aromatic rings. The Bertz CT molecular complexity index is 571. The van der Waals surface area contributed by atoms with Crippen LogP contribution in [0.15, 0.2) is 17.5 Å². The van der Waals surface area contributed by atoms with Crippen LogP contribution in [0.25, 0.3) is 10.7 Å². The van der Waals surface area contributed by atoms with Gasteiger partial charge >= 0.3 is 5.97 Å². The van der Waals surface area contributed by atoms with Gasteiger partial charge in [-0.3, -0.25) is 4.79 Å². The van der Waals surface area contributed by atoms with Crippen molar-refractivity contribution in [2.24, 2.45) is 11.3 Å². The smallest absolute Gasteiger partial charge is 0.308 e. The van der Waals surface area contributed by atoms with Crippen LogP contribution in [0.4, 0.5) is 0 Å². The molecular formula is C13H18N4O2S. The zero-order valence-electron chi connectivity index (χ0n) is 11.8. The van der Waals surface area contributed by atoms with Gasteiger partial charge in [0, 0.05) is 0 Å². The minimum atomic E-state index is -0.812. The van der Waals surface area contributed by atoms with Crippen molar-refractivity contribution in [1.82, 2.24) is 20.2 Å². The average Bonchev–Trinajstić information content (AvgIpc) is 2.94. The zero-order valence-corrected chi connectivity index (χ0v) is 12.6. The van der Waals surface area contributed by atoms with Crippen LogP contribution in [-0.4, -0.2) is 31.3 Å². The molecule has 7 heteroatoms. The van der Waals surface area contributed by atoms with E-state index in [-0.39, 0.29) is 12.0 Å². The molecule has 0 radical (unpaired) electrons. The summed E-state index contributed by atoms with van der Waals surface area (Å²) in [5.41, 5.74) is -0.0554. The topological polar surface area (TPSA) is 80.9 Å². The predicted octanol–water partition coefficient (Wildman–Crippen LogP) is 2.54. The summed E-state index contributed by atoms with van der Waals surface area (Å²) in [4.78, 5) is 12.4. The number of rotatable bonds is 5. The van der Waals surface area contributed by atoms with Crippen LogP contribution in [0.3, 0.4) is 0 Å². The number of thiophene rings is 1. The van der Waals surface area contributed by atoms with Gasteiger partial charge in [-0.1, -0.05) is 26.8 Å². The fourth-order valence-electron chi connectivity index (χ4n) is 2.09. The second-order valence-corrected chi connectivity index (χ2v) is 6.91. The molecule has 0 aromatic carbocycles. The number of aliphatic carboxylic acids is 1. The van der Waals surface area contributed by atoms with E-state index in [1.165, 1.54) is 11.3 Å². The van der Waals surface area contributed by atoms with Crippen molar-refractivity contribution in [2.45, 2.75) is 33.7 Å². The lowest BCUT2D eigenvalue weighted by atomic mass is 9.84. The van der Waals surface area contributed by atoms with Gasteiger partial charge in [-0.05, 0) is 33.7 Å². The molecule has 2 rings (SSSR count). The van der Waals surface area contributed by atoms with Gasteiger partial charge in [0.05, 0.1) is 17.3 Å². The Balaban J connectivity index is 2.20. The number of carboxylic acid groups (broad SMARTS) is 1. The number of aromatic nitrogens is 4. The molecule has 0 bridgehead atoms. The van der Waals surface area contributed by atoms with Crippen molar-refractivity contribution in [3.8, 4) is 10.7 Å². The van der Waals surface area contributed by atoms with Crippen LogP contribution in [0.1, 0.15) is 27.2 Å². The Morgan fingerprint density at radius 1 is 1.50 bits per heavy atom. The Kier molecular flexibility index (Phi) is 4.17. The molecule has 0 aliphatic rings. The van der Waals surface area contributed by atoms with E-state index in [1.54, 1.807) is 4.68 Å². The van der Waals surface area contributed by atoms with Gasteiger partial charge in [-0.2, -0.15) is 0 Å². The second kappa shape index (κ2) is 5.70. The number of hydrogen-bond donors (Lipinski definition) is 1. The highest BCUT2D eigenvalue weighted by Gasteiger charge is 2.26. The molecule has 108 valence electrons. The van der Waals surface area contributed by atoms with Gasteiger partial charge in [0.1, 0.15) is 0 Å². The van der Waals surface area contributed by atoms with E-state index in [1.807, 2.05) is 38.3 Å². The number of carbonyl (C=O) groups is 1. The monoisotopic (exact) mass is 294 g/mol. The Morgan fingerprint density at radius 3 is 2.80 bits per heavy atom. The first-order chi connectivity index (χ1) is 9.37. The summed E-state index contributed by atoms with van der Waals surface area (Å²) in [6.07, 6.45) is 0.575. The molecule has 1 unspecified atom stereocenters. The molecule has 0 spiro atoms. The third-order valence-electron chi connectivity index (χ3n) is 2.87. The van der Waals surface area contributed by atoms with Crippen molar-refractivity contribution in [1.29, 1.82) is 0 Å². The number of hydrogen-bond acceptors (Lipinski definition) is 5. The Morgan fingerprint density at radius 2 is 2.25 bits per heavy atom. The number of tetrazole rings is 1. The van der Waals surface area contributed by atoms with E-state index in [0.717, 1.165) is 4.88 Å². The molecule has 2 aromatic heterocycles. The van der Waals surface area contributed by atoms with Gasteiger partial charge < -0.3 is 5.11 Å². The summed E-state index contributed by atoms with van der Waals surface area (Å²) in [6, 6.07) is 3.84. The minimum Gasteiger partial charge on any atom is -0.481 e. The van der Waals surface area contributed by atoms with Crippen LogP contribution >= 0.6 is 11.3 Å². The average molecular weight is 294 g/mol. The van der Waals surface area contributed by atoms with Gasteiger partial charge in [-0.15, -0.1) is 16.4 Å².